The number of aromatic nitrogens is 5. The van der Waals surface area contributed by atoms with Crippen LogP contribution in [0.15, 0.2) is 10.7 Å². The molecule has 0 amide bonds. The van der Waals surface area contributed by atoms with E-state index in [1.807, 2.05) is 18.5 Å². The molecule has 0 fully saturated rings. The third-order valence-corrected chi connectivity index (χ3v) is 3.93. The van der Waals surface area contributed by atoms with Crippen LogP contribution in [0.3, 0.4) is 0 Å². The van der Waals surface area contributed by atoms with Gasteiger partial charge in [0, 0.05) is 12.5 Å². The van der Waals surface area contributed by atoms with Crippen LogP contribution in [0, 0.1) is 6.92 Å². The van der Waals surface area contributed by atoms with Crippen LogP contribution in [0.1, 0.15) is 43.9 Å². The van der Waals surface area contributed by atoms with Gasteiger partial charge in [-0.05, 0) is 29.8 Å². The summed E-state index contributed by atoms with van der Waals surface area (Å²) >= 11 is 3.54. The zero-order valence-electron chi connectivity index (χ0n) is 12.2. The number of aryl methyl sites for hydroxylation is 2. The molecule has 0 atom stereocenters. The number of hydrogen-bond acceptors (Lipinski definition) is 5. The smallest absolute Gasteiger partial charge is 0.144 e. The van der Waals surface area contributed by atoms with Crippen molar-refractivity contribution in [1.82, 2.24) is 25.0 Å². The molecule has 0 bridgehead atoms. The Hall–Kier alpha value is -1.50. The van der Waals surface area contributed by atoms with Crippen molar-refractivity contribution in [2.24, 2.45) is 0 Å². The fourth-order valence-corrected chi connectivity index (χ4v) is 2.13. The number of halogens is 1. The lowest BCUT2D eigenvalue weighted by Crippen LogP contribution is -2.11. The summed E-state index contributed by atoms with van der Waals surface area (Å²) in [5.74, 6) is 1.95. The highest BCUT2D eigenvalue weighted by molar-refractivity contribution is 9.10. The minimum Gasteiger partial charge on any atom is -0.363 e. The summed E-state index contributed by atoms with van der Waals surface area (Å²) in [5.41, 5.74) is 1.97. The molecule has 6 nitrogen and oxygen atoms in total. The maximum Gasteiger partial charge on any atom is 0.144 e. The Balaban J connectivity index is 2.21. The average Bonchev–Trinajstić information content (AvgIpc) is 2.87. The van der Waals surface area contributed by atoms with Gasteiger partial charge in [0.15, 0.2) is 0 Å². The van der Waals surface area contributed by atoms with E-state index in [1.165, 1.54) is 0 Å². The normalized spacial score (nSPS) is 11.1. The van der Waals surface area contributed by atoms with Gasteiger partial charge < -0.3 is 5.32 Å². The van der Waals surface area contributed by atoms with E-state index in [1.54, 1.807) is 6.20 Å². The molecule has 20 heavy (non-hydrogen) atoms. The van der Waals surface area contributed by atoms with Crippen molar-refractivity contribution in [2.45, 2.75) is 46.7 Å². The Morgan fingerprint density at radius 2 is 2.10 bits per heavy atom. The molecular formula is C13H19BrN6. The third kappa shape index (κ3) is 3.15. The van der Waals surface area contributed by atoms with E-state index < -0.39 is 0 Å². The first-order valence-electron chi connectivity index (χ1n) is 6.68. The van der Waals surface area contributed by atoms with Crippen LogP contribution in [0.2, 0.25) is 0 Å². The molecule has 108 valence electrons. The molecule has 2 aromatic rings. The van der Waals surface area contributed by atoms with E-state index in [4.69, 9.17) is 0 Å². The Morgan fingerprint density at radius 3 is 2.75 bits per heavy atom. The number of rotatable bonds is 5. The summed E-state index contributed by atoms with van der Waals surface area (Å²) in [5, 5.41) is 11.3. The molecule has 2 rings (SSSR count). The van der Waals surface area contributed by atoms with Crippen molar-refractivity contribution in [3.05, 3.63) is 27.9 Å². The molecule has 0 spiro atoms. The molecule has 0 aliphatic rings. The van der Waals surface area contributed by atoms with Gasteiger partial charge in [-0.25, -0.2) is 14.6 Å². The highest BCUT2D eigenvalue weighted by Crippen LogP contribution is 2.25. The maximum atomic E-state index is 4.57. The first-order valence-corrected chi connectivity index (χ1v) is 7.47. The molecule has 2 aromatic heterocycles. The van der Waals surface area contributed by atoms with E-state index in [0.717, 1.165) is 34.0 Å². The Morgan fingerprint density at radius 1 is 1.35 bits per heavy atom. The zero-order chi connectivity index (χ0) is 14.7. The summed E-state index contributed by atoms with van der Waals surface area (Å²) in [4.78, 5) is 9.05. The molecule has 0 saturated carbocycles. The second-order valence-electron chi connectivity index (χ2n) is 4.88. The second kappa shape index (κ2) is 6.30. The Bertz CT molecular complexity index is 593. The first-order chi connectivity index (χ1) is 9.52. The largest absolute Gasteiger partial charge is 0.363 e. The van der Waals surface area contributed by atoms with Gasteiger partial charge in [-0.1, -0.05) is 19.1 Å². The van der Waals surface area contributed by atoms with Crippen LogP contribution in [0.25, 0.3) is 0 Å². The van der Waals surface area contributed by atoms with Crippen LogP contribution >= 0.6 is 15.9 Å². The highest BCUT2D eigenvalue weighted by atomic mass is 79.9. The van der Waals surface area contributed by atoms with Gasteiger partial charge in [-0.2, -0.15) is 0 Å². The summed E-state index contributed by atoms with van der Waals surface area (Å²) in [6.07, 6.45) is 1.77. The topological polar surface area (TPSA) is 68.5 Å². The van der Waals surface area contributed by atoms with Crippen LogP contribution in [-0.2, 0) is 13.1 Å². The molecule has 0 aliphatic carbocycles. The lowest BCUT2D eigenvalue weighted by Gasteiger charge is -2.13. The molecule has 2 heterocycles. The molecular weight excluding hydrogens is 320 g/mol. The lowest BCUT2D eigenvalue weighted by atomic mass is 10.2. The lowest BCUT2D eigenvalue weighted by molar-refractivity contribution is 0.601. The van der Waals surface area contributed by atoms with E-state index in [2.05, 4.69) is 55.4 Å². The van der Waals surface area contributed by atoms with Crippen molar-refractivity contribution in [3.63, 3.8) is 0 Å². The first kappa shape index (κ1) is 14.9. The summed E-state index contributed by atoms with van der Waals surface area (Å²) in [6, 6.07) is 0. The minimum atomic E-state index is 0.296. The van der Waals surface area contributed by atoms with Crippen LogP contribution < -0.4 is 5.32 Å². The summed E-state index contributed by atoms with van der Waals surface area (Å²) in [7, 11) is 0. The van der Waals surface area contributed by atoms with Gasteiger partial charge in [-0.3, -0.25) is 0 Å². The van der Waals surface area contributed by atoms with E-state index >= 15 is 0 Å². The molecule has 0 radical (unpaired) electrons. The minimum absolute atomic E-state index is 0.296. The SMILES string of the molecule is CCn1nncc1CNc1nc(C(C)C)nc(C)c1Br. The van der Waals surface area contributed by atoms with Crippen LogP contribution in [0.4, 0.5) is 5.82 Å². The number of nitrogens with one attached hydrogen (secondary N) is 1. The van der Waals surface area contributed by atoms with E-state index in [0.29, 0.717) is 12.5 Å². The predicted molar refractivity (Wildman–Crippen MR) is 81.6 cm³/mol. The van der Waals surface area contributed by atoms with Crippen LogP contribution in [-0.4, -0.2) is 25.0 Å². The number of anilines is 1. The van der Waals surface area contributed by atoms with Gasteiger partial charge in [-0.15, -0.1) is 5.10 Å². The van der Waals surface area contributed by atoms with E-state index in [9.17, 15) is 0 Å². The molecule has 0 aromatic carbocycles. The van der Waals surface area contributed by atoms with E-state index in [-0.39, 0.29) is 0 Å². The fourth-order valence-electron chi connectivity index (χ4n) is 1.81. The van der Waals surface area contributed by atoms with Crippen molar-refractivity contribution >= 4 is 21.7 Å². The predicted octanol–water partition coefficient (Wildman–Crippen LogP) is 2.89. The summed E-state index contributed by atoms with van der Waals surface area (Å²) in [6.45, 7) is 9.62. The van der Waals surface area contributed by atoms with Gasteiger partial charge in [0.1, 0.15) is 11.6 Å². The van der Waals surface area contributed by atoms with Gasteiger partial charge in [0.2, 0.25) is 0 Å². The van der Waals surface area contributed by atoms with Gasteiger partial charge >= 0.3 is 0 Å². The van der Waals surface area contributed by atoms with Gasteiger partial charge in [0.05, 0.1) is 28.6 Å². The fraction of sp³-hybridized carbons (Fsp3) is 0.538. The third-order valence-electron chi connectivity index (χ3n) is 2.98. The number of hydrogen-bond donors (Lipinski definition) is 1. The molecule has 7 heteroatoms. The van der Waals surface area contributed by atoms with Crippen molar-refractivity contribution in [3.8, 4) is 0 Å². The maximum absolute atomic E-state index is 4.57. The molecule has 1 N–H and O–H groups in total. The van der Waals surface area contributed by atoms with Crippen molar-refractivity contribution < 1.29 is 0 Å². The number of nitrogens with zero attached hydrogens (tertiary/aromatic N) is 5. The Labute approximate surface area is 127 Å². The van der Waals surface area contributed by atoms with Crippen molar-refractivity contribution in [2.75, 3.05) is 5.32 Å². The van der Waals surface area contributed by atoms with Crippen LogP contribution in [0.5, 0.6) is 0 Å². The van der Waals surface area contributed by atoms with Crippen molar-refractivity contribution in [1.29, 1.82) is 0 Å². The summed E-state index contributed by atoms with van der Waals surface area (Å²) < 4.78 is 2.76. The molecule has 0 aliphatic heterocycles. The second-order valence-corrected chi connectivity index (χ2v) is 5.67. The molecule has 0 unspecified atom stereocenters. The Kier molecular flexibility index (Phi) is 4.69. The standard InChI is InChI=1S/C13H19BrN6/c1-5-20-10(7-16-19-20)6-15-13-11(14)9(4)17-12(18-13)8(2)3/h7-8H,5-6H2,1-4H3,(H,15,17,18). The molecule has 0 saturated heterocycles. The monoisotopic (exact) mass is 338 g/mol. The van der Waals surface area contributed by atoms with Gasteiger partial charge in [0.25, 0.3) is 0 Å². The zero-order valence-corrected chi connectivity index (χ0v) is 13.8. The average molecular weight is 339 g/mol. The highest BCUT2D eigenvalue weighted by Gasteiger charge is 2.12. The quantitative estimate of drug-likeness (QED) is 0.907.